The summed E-state index contributed by atoms with van der Waals surface area (Å²) < 4.78 is 5.96. The van der Waals surface area contributed by atoms with E-state index in [1.54, 1.807) is 17.2 Å². The summed E-state index contributed by atoms with van der Waals surface area (Å²) in [5.74, 6) is 0.907. The van der Waals surface area contributed by atoms with Gasteiger partial charge in [0.25, 0.3) is 5.91 Å². The summed E-state index contributed by atoms with van der Waals surface area (Å²) in [6, 6.07) is 16.4. The number of aromatic nitrogens is 1. The first-order chi connectivity index (χ1) is 19.4. The number of hydrogen-bond acceptors (Lipinski definition) is 6. The van der Waals surface area contributed by atoms with Crippen molar-refractivity contribution >= 4 is 56.5 Å². The molecule has 1 aliphatic carbocycles. The third kappa shape index (κ3) is 4.77. The topological polar surface area (TPSA) is 113 Å². The van der Waals surface area contributed by atoms with Gasteiger partial charge in [0.15, 0.2) is 0 Å². The van der Waals surface area contributed by atoms with Crippen LogP contribution in [-0.2, 0) is 4.79 Å². The van der Waals surface area contributed by atoms with E-state index in [1.165, 1.54) is 17.4 Å². The highest BCUT2D eigenvalue weighted by atomic mass is 32.1. The van der Waals surface area contributed by atoms with Crippen LogP contribution in [0.1, 0.15) is 34.5 Å². The molecule has 4 aromatic rings. The number of aryl methyl sites for hydroxylation is 1. The molecule has 9 nitrogen and oxygen atoms in total. The van der Waals surface area contributed by atoms with Gasteiger partial charge in [0.05, 0.1) is 22.4 Å². The maximum atomic E-state index is 13.5. The molecule has 2 aromatic carbocycles. The number of benzene rings is 2. The van der Waals surface area contributed by atoms with Crippen molar-refractivity contribution < 1.29 is 19.1 Å². The second-order valence-corrected chi connectivity index (χ2v) is 10.8. The number of nitrogens with zero attached hydrogens (tertiary/aromatic N) is 2. The zero-order chi connectivity index (χ0) is 27.8. The molecule has 2 atom stereocenters. The number of carbonyl (C=O) groups is 3. The van der Waals surface area contributed by atoms with Gasteiger partial charge in [-0.3, -0.25) is 14.5 Å². The lowest BCUT2D eigenvalue weighted by molar-refractivity contribution is -0.117. The number of thiophene rings is 1. The van der Waals surface area contributed by atoms with Gasteiger partial charge >= 0.3 is 6.03 Å². The lowest BCUT2D eigenvalue weighted by Gasteiger charge is -2.29. The first-order valence-corrected chi connectivity index (χ1v) is 13.8. The maximum absolute atomic E-state index is 13.5. The Balaban J connectivity index is 1.27. The number of carbonyl (C=O) groups excluding carboxylic acids is 3. The van der Waals surface area contributed by atoms with Crippen LogP contribution >= 0.6 is 11.3 Å². The molecular formula is C30H27N5O4S. The van der Waals surface area contributed by atoms with Gasteiger partial charge in [-0.15, -0.1) is 11.3 Å². The molecule has 3 heterocycles. The average molecular weight is 554 g/mol. The number of para-hydroxylation sites is 1. The standard InChI is InChI=1S/C30H27N5O4S/c1-3-24(36)32-18-9-10-19(16-18)33-28(37)27-26-25-23(13-14-31-29(25)40-27)35(30(38)34-26)22-12-11-21(15-17(22)2)39-20-7-5-4-6-8-20/h3-8,11-15,18-19H,1,9-10,16H2,2H3,(H,32,36)(H,33,37)(H,34,38). The Kier molecular flexibility index (Phi) is 6.69. The molecule has 202 valence electrons. The number of anilines is 3. The number of amides is 4. The van der Waals surface area contributed by atoms with Gasteiger partial charge in [0.1, 0.15) is 21.2 Å². The van der Waals surface area contributed by atoms with Gasteiger partial charge < -0.3 is 20.7 Å². The van der Waals surface area contributed by atoms with E-state index in [9.17, 15) is 14.4 Å². The molecule has 10 heteroatoms. The molecule has 6 rings (SSSR count). The maximum Gasteiger partial charge on any atom is 0.331 e. The summed E-state index contributed by atoms with van der Waals surface area (Å²) in [7, 11) is 0. The molecule has 0 saturated heterocycles. The zero-order valence-corrected chi connectivity index (χ0v) is 22.6. The third-order valence-corrected chi connectivity index (χ3v) is 8.24. The number of urea groups is 1. The number of pyridine rings is 1. The van der Waals surface area contributed by atoms with Crippen molar-refractivity contribution in [3.8, 4) is 11.5 Å². The Labute approximate surface area is 234 Å². The molecule has 1 saturated carbocycles. The third-order valence-electron chi connectivity index (χ3n) is 7.14. The SMILES string of the molecule is C=CC(=O)NC1CCC(NC(=O)c2sc3nccc4c3c2NC(=O)N4c2ccc(Oc3ccccc3)cc2C)C1. The summed E-state index contributed by atoms with van der Waals surface area (Å²) in [6.45, 7) is 5.41. The van der Waals surface area contributed by atoms with Crippen molar-refractivity contribution in [1.29, 1.82) is 0 Å². The van der Waals surface area contributed by atoms with Gasteiger partial charge in [-0.1, -0.05) is 24.8 Å². The summed E-state index contributed by atoms with van der Waals surface area (Å²) in [6.07, 6.45) is 5.06. The molecule has 2 aromatic heterocycles. The van der Waals surface area contributed by atoms with E-state index in [4.69, 9.17) is 4.74 Å². The summed E-state index contributed by atoms with van der Waals surface area (Å²) in [5, 5.41) is 9.64. The van der Waals surface area contributed by atoms with Crippen LogP contribution in [0.5, 0.6) is 11.5 Å². The Morgan fingerprint density at radius 1 is 1.07 bits per heavy atom. The second-order valence-electron chi connectivity index (χ2n) is 9.84. The highest BCUT2D eigenvalue weighted by Gasteiger charge is 2.34. The number of ether oxygens (including phenoxy) is 1. The smallest absolute Gasteiger partial charge is 0.331 e. The molecule has 0 spiro atoms. The minimum Gasteiger partial charge on any atom is -0.457 e. The monoisotopic (exact) mass is 553 g/mol. The van der Waals surface area contributed by atoms with Crippen LogP contribution in [0, 0.1) is 6.92 Å². The fraction of sp³-hybridized carbons (Fsp3) is 0.200. The van der Waals surface area contributed by atoms with Crippen LogP contribution in [0.2, 0.25) is 0 Å². The fourth-order valence-corrected chi connectivity index (χ4v) is 6.33. The van der Waals surface area contributed by atoms with Crippen molar-refractivity contribution in [2.75, 3.05) is 10.2 Å². The van der Waals surface area contributed by atoms with Crippen LogP contribution in [0.3, 0.4) is 0 Å². The molecule has 0 bridgehead atoms. The quantitative estimate of drug-likeness (QED) is 0.242. The van der Waals surface area contributed by atoms with E-state index in [-0.39, 0.29) is 29.9 Å². The second kappa shape index (κ2) is 10.5. The summed E-state index contributed by atoms with van der Waals surface area (Å²) in [4.78, 5) is 45.7. The minimum absolute atomic E-state index is 0.00851. The van der Waals surface area contributed by atoms with Crippen LogP contribution < -0.4 is 25.6 Å². The summed E-state index contributed by atoms with van der Waals surface area (Å²) >= 11 is 1.25. The van der Waals surface area contributed by atoms with Crippen LogP contribution in [0.25, 0.3) is 10.2 Å². The first kappa shape index (κ1) is 25.6. The van der Waals surface area contributed by atoms with E-state index in [2.05, 4.69) is 27.5 Å². The fourth-order valence-electron chi connectivity index (χ4n) is 5.31. The Hall–Kier alpha value is -4.70. The van der Waals surface area contributed by atoms with E-state index < -0.39 is 0 Å². The van der Waals surface area contributed by atoms with Gasteiger partial charge in [-0.25, -0.2) is 9.78 Å². The molecule has 1 aliphatic heterocycles. The minimum atomic E-state index is -0.361. The average Bonchev–Trinajstić information content (AvgIpc) is 3.55. The van der Waals surface area contributed by atoms with Crippen LogP contribution in [-0.4, -0.2) is 34.9 Å². The first-order valence-electron chi connectivity index (χ1n) is 13.0. The highest BCUT2D eigenvalue weighted by Crippen LogP contribution is 2.46. The molecule has 3 N–H and O–H groups in total. The Morgan fingerprint density at radius 3 is 2.60 bits per heavy atom. The lowest BCUT2D eigenvalue weighted by atomic mass is 10.1. The van der Waals surface area contributed by atoms with E-state index in [0.29, 0.717) is 38.9 Å². The number of nitrogens with one attached hydrogen (secondary N) is 3. The molecule has 1 fully saturated rings. The predicted octanol–water partition coefficient (Wildman–Crippen LogP) is 6.03. The van der Waals surface area contributed by atoms with Crippen molar-refractivity contribution in [3.05, 3.63) is 83.9 Å². The molecule has 4 amide bonds. The van der Waals surface area contributed by atoms with Crippen LogP contribution in [0.15, 0.2) is 73.4 Å². The molecule has 2 unspecified atom stereocenters. The van der Waals surface area contributed by atoms with E-state index >= 15 is 0 Å². The largest absolute Gasteiger partial charge is 0.457 e. The summed E-state index contributed by atoms with van der Waals surface area (Å²) in [5.41, 5.74) is 2.68. The predicted molar refractivity (Wildman–Crippen MR) is 156 cm³/mol. The molecule has 0 radical (unpaired) electrons. The van der Waals surface area contributed by atoms with Crippen LogP contribution in [0.4, 0.5) is 21.9 Å². The van der Waals surface area contributed by atoms with Crippen molar-refractivity contribution in [3.63, 3.8) is 0 Å². The molecule has 40 heavy (non-hydrogen) atoms. The highest BCUT2D eigenvalue weighted by molar-refractivity contribution is 7.21. The van der Waals surface area contributed by atoms with E-state index in [0.717, 1.165) is 29.5 Å². The van der Waals surface area contributed by atoms with Crippen molar-refractivity contribution in [2.45, 2.75) is 38.3 Å². The lowest BCUT2D eigenvalue weighted by Crippen LogP contribution is -2.37. The number of rotatable bonds is 7. The van der Waals surface area contributed by atoms with Gasteiger partial charge in [-0.05, 0) is 74.2 Å². The molecular weight excluding hydrogens is 526 g/mol. The van der Waals surface area contributed by atoms with Gasteiger partial charge in [0, 0.05) is 18.3 Å². The zero-order valence-electron chi connectivity index (χ0n) is 21.8. The molecule has 2 aliphatic rings. The Morgan fingerprint density at radius 2 is 1.85 bits per heavy atom. The number of hydrogen-bond donors (Lipinski definition) is 3. The van der Waals surface area contributed by atoms with Gasteiger partial charge in [0.2, 0.25) is 5.91 Å². The van der Waals surface area contributed by atoms with E-state index in [1.807, 2.05) is 55.5 Å². The normalized spacial score (nSPS) is 17.8. The van der Waals surface area contributed by atoms with Gasteiger partial charge in [-0.2, -0.15) is 0 Å². The Bertz CT molecular complexity index is 1650. The van der Waals surface area contributed by atoms with Crippen molar-refractivity contribution in [2.24, 2.45) is 0 Å². The van der Waals surface area contributed by atoms with Crippen molar-refractivity contribution in [1.82, 2.24) is 15.6 Å².